The van der Waals surface area contributed by atoms with Crippen LogP contribution in [0.4, 0.5) is 0 Å². The average molecular weight is 219 g/mol. The van der Waals surface area contributed by atoms with Gasteiger partial charge in [0.2, 0.25) is 0 Å². The maximum absolute atomic E-state index is 9.26. The molecule has 0 saturated heterocycles. The Kier molecular flexibility index (Phi) is 4.40. The van der Waals surface area contributed by atoms with Crippen LogP contribution in [0.5, 0.6) is 5.75 Å². The Morgan fingerprint density at radius 2 is 1.92 bits per heavy atom. The van der Waals surface area contributed by atoms with E-state index in [1.165, 1.54) is 0 Å². The SMILES string of the molecule is Oc1ccc(CCl)c(CCCCl)c1. The van der Waals surface area contributed by atoms with Crippen LogP contribution in [-0.2, 0) is 12.3 Å². The number of benzene rings is 1. The number of halogens is 2. The lowest BCUT2D eigenvalue weighted by Gasteiger charge is -2.06. The third kappa shape index (κ3) is 3.09. The maximum atomic E-state index is 9.26. The van der Waals surface area contributed by atoms with Gasteiger partial charge in [0.05, 0.1) is 0 Å². The van der Waals surface area contributed by atoms with Crippen molar-refractivity contribution in [1.29, 1.82) is 0 Å². The molecule has 0 bridgehead atoms. The summed E-state index contributed by atoms with van der Waals surface area (Å²) in [6.07, 6.45) is 1.79. The van der Waals surface area contributed by atoms with Gasteiger partial charge < -0.3 is 5.11 Å². The lowest BCUT2D eigenvalue weighted by Crippen LogP contribution is -1.92. The zero-order valence-corrected chi connectivity index (χ0v) is 8.78. The molecule has 0 aliphatic carbocycles. The van der Waals surface area contributed by atoms with Crippen LogP contribution in [0, 0.1) is 0 Å². The Labute approximate surface area is 88.3 Å². The fourth-order valence-electron chi connectivity index (χ4n) is 1.23. The first-order valence-corrected chi connectivity index (χ1v) is 5.27. The first kappa shape index (κ1) is 10.7. The van der Waals surface area contributed by atoms with Crippen molar-refractivity contribution in [1.82, 2.24) is 0 Å². The number of rotatable bonds is 4. The Morgan fingerprint density at radius 1 is 1.15 bits per heavy atom. The molecule has 0 spiro atoms. The molecule has 0 radical (unpaired) electrons. The van der Waals surface area contributed by atoms with Crippen molar-refractivity contribution in [2.75, 3.05) is 5.88 Å². The van der Waals surface area contributed by atoms with Gasteiger partial charge in [-0.1, -0.05) is 6.07 Å². The number of phenols is 1. The molecule has 1 aromatic rings. The summed E-state index contributed by atoms with van der Waals surface area (Å²) in [5.74, 6) is 1.41. The normalized spacial score (nSPS) is 10.3. The summed E-state index contributed by atoms with van der Waals surface area (Å²) in [6, 6.07) is 5.26. The molecular formula is C10H12Cl2O. The predicted octanol–water partition coefficient (Wildman–Crippen LogP) is 3.30. The summed E-state index contributed by atoms with van der Waals surface area (Å²) in [4.78, 5) is 0. The summed E-state index contributed by atoms with van der Waals surface area (Å²) >= 11 is 11.3. The van der Waals surface area contributed by atoms with Crippen molar-refractivity contribution < 1.29 is 5.11 Å². The molecule has 1 aromatic carbocycles. The van der Waals surface area contributed by atoms with Gasteiger partial charge in [-0.05, 0) is 36.1 Å². The molecule has 0 aliphatic heterocycles. The maximum Gasteiger partial charge on any atom is 0.115 e. The van der Waals surface area contributed by atoms with Gasteiger partial charge in [0.15, 0.2) is 0 Å². The molecule has 0 aliphatic rings. The minimum Gasteiger partial charge on any atom is -0.508 e. The Morgan fingerprint density at radius 3 is 2.54 bits per heavy atom. The van der Waals surface area contributed by atoms with Gasteiger partial charge in [0.1, 0.15) is 5.75 Å². The number of phenolic OH excluding ortho intramolecular Hbond substituents is 1. The van der Waals surface area contributed by atoms with E-state index in [-0.39, 0.29) is 0 Å². The zero-order valence-electron chi connectivity index (χ0n) is 7.26. The van der Waals surface area contributed by atoms with E-state index >= 15 is 0 Å². The molecule has 1 N–H and O–H groups in total. The van der Waals surface area contributed by atoms with Gasteiger partial charge in [-0.15, -0.1) is 23.2 Å². The molecule has 3 heteroatoms. The van der Waals surface area contributed by atoms with Crippen LogP contribution in [0.1, 0.15) is 17.5 Å². The second-order valence-electron chi connectivity index (χ2n) is 2.88. The highest BCUT2D eigenvalue weighted by Gasteiger charge is 2.02. The summed E-state index contributed by atoms with van der Waals surface area (Å²) in [6.45, 7) is 0. The molecule has 0 amide bonds. The lowest BCUT2D eigenvalue weighted by molar-refractivity contribution is 0.474. The highest BCUT2D eigenvalue weighted by atomic mass is 35.5. The third-order valence-corrected chi connectivity index (χ3v) is 2.47. The quantitative estimate of drug-likeness (QED) is 0.770. The van der Waals surface area contributed by atoms with E-state index in [9.17, 15) is 5.11 Å². The van der Waals surface area contributed by atoms with Crippen molar-refractivity contribution in [3.05, 3.63) is 29.3 Å². The molecule has 0 atom stereocenters. The number of alkyl halides is 2. The number of hydrogen-bond acceptors (Lipinski definition) is 1. The standard InChI is InChI=1S/C10H12Cl2O/c11-5-1-2-8-6-10(13)4-3-9(8)7-12/h3-4,6,13H,1-2,5,7H2. The average Bonchev–Trinajstić information content (AvgIpc) is 2.15. The number of hydrogen-bond donors (Lipinski definition) is 1. The molecule has 0 unspecified atom stereocenters. The first-order chi connectivity index (χ1) is 6.27. The Hall–Kier alpha value is -0.400. The smallest absolute Gasteiger partial charge is 0.115 e. The topological polar surface area (TPSA) is 20.2 Å². The van der Waals surface area contributed by atoms with E-state index < -0.39 is 0 Å². The summed E-state index contributed by atoms with van der Waals surface area (Å²) in [7, 11) is 0. The second kappa shape index (κ2) is 5.36. The fraction of sp³-hybridized carbons (Fsp3) is 0.400. The monoisotopic (exact) mass is 218 g/mol. The van der Waals surface area contributed by atoms with Crippen LogP contribution in [-0.4, -0.2) is 11.0 Å². The van der Waals surface area contributed by atoms with E-state index in [1.807, 2.05) is 6.07 Å². The third-order valence-electron chi connectivity index (χ3n) is 1.91. The molecule has 1 rings (SSSR count). The first-order valence-electron chi connectivity index (χ1n) is 4.20. The van der Waals surface area contributed by atoms with E-state index in [2.05, 4.69) is 0 Å². The molecule has 72 valence electrons. The van der Waals surface area contributed by atoms with Crippen LogP contribution >= 0.6 is 23.2 Å². The van der Waals surface area contributed by atoms with Gasteiger partial charge in [-0.25, -0.2) is 0 Å². The van der Waals surface area contributed by atoms with E-state index in [4.69, 9.17) is 23.2 Å². The largest absolute Gasteiger partial charge is 0.508 e. The van der Waals surface area contributed by atoms with Crippen molar-refractivity contribution in [3.63, 3.8) is 0 Å². The van der Waals surface area contributed by atoms with Gasteiger partial charge in [0.25, 0.3) is 0 Å². The molecule has 0 fully saturated rings. The summed E-state index contributed by atoms with van der Waals surface area (Å²) in [5.41, 5.74) is 2.17. The van der Waals surface area contributed by atoms with Gasteiger partial charge >= 0.3 is 0 Å². The predicted molar refractivity (Wildman–Crippen MR) is 56.7 cm³/mol. The van der Waals surface area contributed by atoms with Crippen LogP contribution in [0.2, 0.25) is 0 Å². The fourth-order valence-corrected chi connectivity index (χ4v) is 1.63. The van der Waals surface area contributed by atoms with E-state index in [0.29, 0.717) is 17.5 Å². The molecule has 13 heavy (non-hydrogen) atoms. The highest BCUT2D eigenvalue weighted by molar-refractivity contribution is 6.18. The van der Waals surface area contributed by atoms with Crippen molar-refractivity contribution in [2.24, 2.45) is 0 Å². The van der Waals surface area contributed by atoms with Gasteiger partial charge in [0, 0.05) is 11.8 Å². The van der Waals surface area contributed by atoms with Crippen LogP contribution in [0.3, 0.4) is 0 Å². The lowest BCUT2D eigenvalue weighted by atomic mass is 10.0. The van der Waals surface area contributed by atoms with Crippen molar-refractivity contribution in [3.8, 4) is 5.75 Å². The highest BCUT2D eigenvalue weighted by Crippen LogP contribution is 2.19. The zero-order chi connectivity index (χ0) is 9.68. The number of aromatic hydroxyl groups is 1. The molecule has 0 saturated carbocycles. The van der Waals surface area contributed by atoms with Crippen molar-refractivity contribution >= 4 is 23.2 Å². The molecule has 0 heterocycles. The summed E-state index contributed by atoms with van der Waals surface area (Å²) < 4.78 is 0. The Bertz CT molecular complexity index is 274. The minimum atomic E-state index is 0.290. The Balaban J connectivity index is 2.81. The molecular weight excluding hydrogens is 207 g/mol. The second-order valence-corrected chi connectivity index (χ2v) is 3.52. The van der Waals surface area contributed by atoms with Gasteiger partial charge in [-0.2, -0.15) is 0 Å². The number of aryl methyl sites for hydroxylation is 1. The molecule has 1 nitrogen and oxygen atoms in total. The van der Waals surface area contributed by atoms with Crippen LogP contribution in [0.25, 0.3) is 0 Å². The van der Waals surface area contributed by atoms with Gasteiger partial charge in [-0.3, -0.25) is 0 Å². The summed E-state index contributed by atoms with van der Waals surface area (Å²) in [5, 5.41) is 9.26. The van der Waals surface area contributed by atoms with Crippen LogP contribution < -0.4 is 0 Å². The van der Waals surface area contributed by atoms with Crippen molar-refractivity contribution in [2.45, 2.75) is 18.7 Å². The molecule has 0 aromatic heterocycles. The van der Waals surface area contributed by atoms with E-state index in [0.717, 1.165) is 24.0 Å². The minimum absolute atomic E-state index is 0.290. The van der Waals surface area contributed by atoms with Crippen LogP contribution in [0.15, 0.2) is 18.2 Å². The van der Waals surface area contributed by atoms with E-state index in [1.54, 1.807) is 12.1 Å².